The van der Waals surface area contributed by atoms with Gasteiger partial charge in [-0.15, -0.1) is 11.3 Å². The first-order chi connectivity index (χ1) is 8.83. The zero-order valence-corrected chi connectivity index (χ0v) is 12.1. The van der Waals surface area contributed by atoms with Gasteiger partial charge in [-0.3, -0.25) is 0 Å². The van der Waals surface area contributed by atoms with E-state index in [2.05, 4.69) is 27.9 Å². The molecule has 18 heavy (non-hydrogen) atoms. The number of hydrogen-bond acceptors (Lipinski definition) is 5. The molecule has 2 heterocycles. The van der Waals surface area contributed by atoms with Crippen LogP contribution >= 0.6 is 11.3 Å². The van der Waals surface area contributed by atoms with Crippen LogP contribution < -0.4 is 10.6 Å². The maximum absolute atomic E-state index is 5.17. The molecule has 2 rings (SSSR count). The summed E-state index contributed by atoms with van der Waals surface area (Å²) >= 11 is 1.76. The molecule has 0 aromatic carbocycles. The Hall–Kier alpha value is -0.490. The number of aromatic nitrogens is 1. The van der Waals surface area contributed by atoms with Crippen LogP contribution in [0.25, 0.3) is 0 Å². The lowest BCUT2D eigenvalue weighted by Crippen LogP contribution is -2.57. The number of methoxy groups -OCH3 is 1. The van der Waals surface area contributed by atoms with E-state index in [4.69, 9.17) is 4.74 Å². The predicted octanol–water partition coefficient (Wildman–Crippen LogP) is 1.59. The summed E-state index contributed by atoms with van der Waals surface area (Å²) in [6.07, 6.45) is 4.17. The van der Waals surface area contributed by atoms with E-state index < -0.39 is 0 Å². The normalized spacial score (nSPS) is 28.4. The van der Waals surface area contributed by atoms with Gasteiger partial charge in [0, 0.05) is 31.8 Å². The summed E-state index contributed by atoms with van der Waals surface area (Å²) in [5, 5.41) is 10.5. The smallest absolute Gasteiger partial charge is 0.113 e. The molecule has 1 aliphatic rings. The zero-order chi connectivity index (χ0) is 12.8. The van der Waals surface area contributed by atoms with Crippen molar-refractivity contribution < 1.29 is 4.74 Å². The van der Waals surface area contributed by atoms with Crippen molar-refractivity contribution in [3.05, 3.63) is 16.6 Å². The Kier molecular flexibility index (Phi) is 5.12. The first-order valence-electron chi connectivity index (χ1n) is 6.68. The summed E-state index contributed by atoms with van der Waals surface area (Å²) in [6, 6.07) is 0. The van der Waals surface area contributed by atoms with Gasteiger partial charge in [-0.05, 0) is 25.3 Å². The van der Waals surface area contributed by atoms with Crippen molar-refractivity contribution in [2.45, 2.75) is 25.3 Å². The molecular formula is C13H23N3OS. The van der Waals surface area contributed by atoms with Gasteiger partial charge in [-0.2, -0.15) is 0 Å². The number of thiazole rings is 1. The van der Waals surface area contributed by atoms with Crippen LogP contribution in [0.15, 0.2) is 11.6 Å². The largest absolute Gasteiger partial charge is 0.383 e. The van der Waals surface area contributed by atoms with E-state index in [1.165, 1.54) is 5.01 Å². The number of ether oxygens (including phenoxy) is 1. The van der Waals surface area contributed by atoms with E-state index in [0.717, 1.165) is 39.1 Å². The molecule has 0 spiro atoms. The molecule has 4 nitrogen and oxygen atoms in total. The highest BCUT2D eigenvalue weighted by Gasteiger charge is 2.42. The highest BCUT2D eigenvalue weighted by Crippen LogP contribution is 2.37. The Balaban J connectivity index is 2.20. The standard InChI is InChI=1S/C13H23N3OS/c1-3-11-10-14-5-4-13(11,16-6-8-17-2)12-15-7-9-18-12/h7,9,11,14,16H,3-6,8,10H2,1-2H3. The van der Waals surface area contributed by atoms with Gasteiger partial charge >= 0.3 is 0 Å². The summed E-state index contributed by atoms with van der Waals surface area (Å²) < 4.78 is 5.17. The van der Waals surface area contributed by atoms with Crippen LogP contribution in [-0.4, -0.2) is 38.3 Å². The lowest BCUT2D eigenvalue weighted by Gasteiger charge is -2.43. The predicted molar refractivity (Wildman–Crippen MR) is 74.9 cm³/mol. The summed E-state index contributed by atoms with van der Waals surface area (Å²) in [5.41, 5.74) is 0.0344. The molecule has 0 bridgehead atoms. The Bertz CT molecular complexity index is 344. The number of piperidine rings is 1. The van der Waals surface area contributed by atoms with Crippen molar-refractivity contribution in [2.75, 3.05) is 33.4 Å². The van der Waals surface area contributed by atoms with Gasteiger partial charge in [-0.25, -0.2) is 4.98 Å². The molecule has 5 heteroatoms. The zero-order valence-electron chi connectivity index (χ0n) is 11.2. The maximum Gasteiger partial charge on any atom is 0.113 e. The van der Waals surface area contributed by atoms with Crippen molar-refractivity contribution in [1.82, 2.24) is 15.6 Å². The quantitative estimate of drug-likeness (QED) is 0.770. The summed E-state index contributed by atoms with van der Waals surface area (Å²) in [5.74, 6) is 0.592. The van der Waals surface area contributed by atoms with Crippen molar-refractivity contribution in [3.63, 3.8) is 0 Å². The number of rotatable bonds is 6. The van der Waals surface area contributed by atoms with Crippen LogP contribution in [-0.2, 0) is 10.3 Å². The third-order valence-electron chi connectivity index (χ3n) is 3.84. The van der Waals surface area contributed by atoms with Crippen molar-refractivity contribution in [1.29, 1.82) is 0 Å². The SMILES string of the molecule is CCC1CNCCC1(NCCOC)c1nccs1. The highest BCUT2D eigenvalue weighted by atomic mass is 32.1. The van der Waals surface area contributed by atoms with Crippen LogP contribution in [0.4, 0.5) is 0 Å². The Morgan fingerprint density at radius 1 is 1.67 bits per heavy atom. The monoisotopic (exact) mass is 269 g/mol. The second-order valence-electron chi connectivity index (χ2n) is 4.79. The molecule has 1 aliphatic heterocycles. The van der Waals surface area contributed by atoms with Gasteiger partial charge in [0.25, 0.3) is 0 Å². The summed E-state index contributed by atoms with van der Waals surface area (Å²) in [6.45, 7) is 6.01. The van der Waals surface area contributed by atoms with Crippen LogP contribution in [0, 0.1) is 5.92 Å². The topological polar surface area (TPSA) is 46.2 Å². The molecule has 1 aromatic heterocycles. The van der Waals surface area contributed by atoms with E-state index in [1.54, 1.807) is 18.4 Å². The minimum Gasteiger partial charge on any atom is -0.383 e. The van der Waals surface area contributed by atoms with Crippen molar-refractivity contribution in [3.8, 4) is 0 Å². The van der Waals surface area contributed by atoms with Crippen LogP contribution in [0.2, 0.25) is 0 Å². The molecular weight excluding hydrogens is 246 g/mol. The summed E-state index contributed by atoms with van der Waals surface area (Å²) in [7, 11) is 1.75. The van der Waals surface area contributed by atoms with Crippen molar-refractivity contribution >= 4 is 11.3 Å². The minimum absolute atomic E-state index is 0.0344. The maximum atomic E-state index is 5.17. The van der Waals surface area contributed by atoms with Crippen molar-refractivity contribution in [2.24, 2.45) is 5.92 Å². The molecule has 0 radical (unpaired) electrons. The lowest BCUT2D eigenvalue weighted by atomic mass is 9.77. The molecule has 2 unspecified atom stereocenters. The second kappa shape index (κ2) is 6.61. The third-order valence-corrected chi connectivity index (χ3v) is 4.79. The Labute approximate surface area is 113 Å². The van der Waals surface area contributed by atoms with E-state index in [9.17, 15) is 0 Å². The van der Waals surface area contributed by atoms with Crippen LogP contribution in [0.3, 0.4) is 0 Å². The average Bonchev–Trinajstić information content (AvgIpc) is 2.94. The third kappa shape index (κ3) is 2.74. The van der Waals surface area contributed by atoms with Crippen LogP contribution in [0.1, 0.15) is 24.8 Å². The minimum atomic E-state index is 0.0344. The first kappa shape index (κ1) is 13.9. The fourth-order valence-corrected chi connectivity index (χ4v) is 3.77. The second-order valence-corrected chi connectivity index (χ2v) is 5.68. The Morgan fingerprint density at radius 3 is 3.22 bits per heavy atom. The lowest BCUT2D eigenvalue weighted by molar-refractivity contribution is 0.125. The molecule has 2 atom stereocenters. The van der Waals surface area contributed by atoms with E-state index in [-0.39, 0.29) is 5.54 Å². The molecule has 0 amide bonds. The first-order valence-corrected chi connectivity index (χ1v) is 7.56. The average molecular weight is 269 g/mol. The summed E-state index contributed by atoms with van der Waals surface area (Å²) in [4.78, 5) is 4.58. The number of hydrogen-bond donors (Lipinski definition) is 2. The van der Waals surface area contributed by atoms with Gasteiger partial charge in [0.1, 0.15) is 5.01 Å². The van der Waals surface area contributed by atoms with E-state index in [1.807, 2.05) is 6.20 Å². The Morgan fingerprint density at radius 2 is 2.56 bits per heavy atom. The van der Waals surface area contributed by atoms with Crippen LogP contribution in [0.5, 0.6) is 0 Å². The van der Waals surface area contributed by atoms with E-state index >= 15 is 0 Å². The number of nitrogens with zero attached hydrogens (tertiary/aromatic N) is 1. The fraction of sp³-hybridized carbons (Fsp3) is 0.769. The van der Waals surface area contributed by atoms with Gasteiger partial charge in [0.2, 0.25) is 0 Å². The highest BCUT2D eigenvalue weighted by molar-refractivity contribution is 7.09. The van der Waals surface area contributed by atoms with Gasteiger partial charge in [-0.1, -0.05) is 6.92 Å². The van der Waals surface area contributed by atoms with Gasteiger partial charge in [0.05, 0.1) is 12.1 Å². The number of nitrogens with one attached hydrogen (secondary N) is 2. The molecule has 1 saturated heterocycles. The molecule has 0 saturated carbocycles. The molecule has 1 aromatic rings. The molecule has 0 aliphatic carbocycles. The van der Waals surface area contributed by atoms with E-state index in [0.29, 0.717) is 5.92 Å². The molecule has 102 valence electrons. The fourth-order valence-electron chi connectivity index (χ4n) is 2.84. The van der Waals surface area contributed by atoms with Gasteiger partial charge < -0.3 is 15.4 Å². The van der Waals surface area contributed by atoms with Gasteiger partial charge in [0.15, 0.2) is 0 Å². The molecule has 1 fully saturated rings. The molecule has 2 N–H and O–H groups in total.